The Bertz CT molecular complexity index is 827. The lowest BCUT2D eigenvalue weighted by Crippen LogP contribution is -2.05. The van der Waals surface area contributed by atoms with Gasteiger partial charge in [0, 0.05) is 12.0 Å². The highest BCUT2D eigenvalue weighted by atomic mass is 16.5. The van der Waals surface area contributed by atoms with E-state index < -0.39 is 0 Å². The number of ether oxygens (including phenoxy) is 2. The Morgan fingerprint density at radius 2 is 1.83 bits per heavy atom. The quantitative estimate of drug-likeness (QED) is 0.757. The van der Waals surface area contributed by atoms with Crippen molar-refractivity contribution >= 4 is 0 Å². The first-order chi connectivity index (χ1) is 11.8. The number of benzene rings is 2. The van der Waals surface area contributed by atoms with E-state index in [9.17, 15) is 0 Å². The van der Waals surface area contributed by atoms with Crippen LogP contribution in [0.2, 0.25) is 0 Å². The second kappa shape index (κ2) is 7.19. The first kappa shape index (κ1) is 16.1. The van der Waals surface area contributed by atoms with Gasteiger partial charge in [0.15, 0.2) is 0 Å². The van der Waals surface area contributed by atoms with Crippen molar-refractivity contribution in [3.8, 4) is 28.4 Å². The summed E-state index contributed by atoms with van der Waals surface area (Å²) < 4.78 is 12.7. The fourth-order valence-corrected chi connectivity index (χ4v) is 2.68. The molecular weight excluding hydrogens is 302 g/mol. The summed E-state index contributed by atoms with van der Waals surface area (Å²) in [5.41, 5.74) is 9.54. The summed E-state index contributed by atoms with van der Waals surface area (Å²) in [6.45, 7) is 0.556. The molecule has 24 heavy (non-hydrogen) atoms. The van der Waals surface area contributed by atoms with E-state index in [0.29, 0.717) is 6.54 Å². The molecule has 0 radical (unpaired) electrons. The molecule has 3 aromatic rings. The molecule has 124 valence electrons. The van der Waals surface area contributed by atoms with Crippen LogP contribution in [0.3, 0.4) is 0 Å². The maximum atomic E-state index is 5.71. The third-order valence-corrected chi connectivity index (χ3v) is 3.84. The van der Waals surface area contributed by atoms with Gasteiger partial charge in [0.05, 0.1) is 25.6 Å². The highest BCUT2D eigenvalue weighted by Gasteiger charge is 2.15. The van der Waals surface area contributed by atoms with Crippen molar-refractivity contribution in [2.45, 2.75) is 6.42 Å². The third kappa shape index (κ3) is 3.12. The molecule has 2 aromatic carbocycles. The number of aromatic nitrogens is 2. The maximum absolute atomic E-state index is 5.71. The zero-order valence-corrected chi connectivity index (χ0v) is 13.9. The van der Waals surface area contributed by atoms with Gasteiger partial charge in [-0.3, -0.25) is 0 Å². The number of methoxy groups -OCH3 is 2. The third-order valence-electron chi connectivity index (χ3n) is 3.84. The average Bonchev–Trinajstić information content (AvgIpc) is 3.06. The zero-order valence-electron chi connectivity index (χ0n) is 13.9. The van der Waals surface area contributed by atoms with Crippen molar-refractivity contribution in [1.82, 2.24) is 9.78 Å². The topological polar surface area (TPSA) is 62.3 Å². The van der Waals surface area contributed by atoms with Gasteiger partial charge in [-0.1, -0.05) is 24.3 Å². The molecule has 0 saturated carbocycles. The Balaban J connectivity index is 2.17. The summed E-state index contributed by atoms with van der Waals surface area (Å²) >= 11 is 0. The van der Waals surface area contributed by atoms with Crippen LogP contribution in [0, 0.1) is 0 Å². The second-order valence-electron chi connectivity index (χ2n) is 5.38. The Morgan fingerprint density at radius 1 is 1.00 bits per heavy atom. The van der Waals surface area contributed by atoms with Crippen LogP contribution < -0.4 is 15.2 Å². The fraction of sp³-hybridized carbons (Fsp3) is 0.211. The summed E-state index contributed by atoms with van der Waals surface area (Å²) in [5.74, 6) is 1.57. The van der Waals surface area contributed by atoms with Crippen LogP contribution in [0.15, 0.2) is 54.6 Å². The van der Waals surface area contributed by atoms with Gasteiger partial charge in [-0.05, 0) is 36.9 Å². The van der Waals surface area contributed by atoms with Crippen LogP contribution in [0.5, 0.6) is 11.5 Å². The van der Waals surface area contributed by atoms with Gasteiger partial charge in [0.2, 0.25) is 0 Å². The highest BCUT2D eigenvalue weighted by molar-refractivity contribution is 5.65. The molecule has 0 saturated heterocycles. The van der Waals surface area contributed by atoms with Crippen molar-refractivity contribution in [3.05, 3.63) is 60.3 Å². The van der Waals surface area contributed by atoms with Crippen molar-refractivity contribution in [2.75, 3.05) is 20.8 Å². The number of nitrogens with zero attached hydrogens (tertiary/aromatic N) is 2. The van der Waals surface area contributed by atoms with Gasteiger partial charge in [-0.2, -0.15) is 5.10 Å². The monoisotopic (exact) mass is 323 g/mol. The number of hydrogen-bond donors (Lipinski definition) is 1. The number of para-hydroxylation sites is 2. The molecule has 0 fully saturated rings. The summed E-state index contributed by atoms with van der Waals surface area (Å²) in [6.07, 6.45) is 0.721. The minimum absolute atomic E-state index is 0.556. The molecule has 5 heteroatoms. The second-order valence-corrected chi connectivity index (χ2v) is 5.38. The van der Waals surface area contributed by atoms with Crippen LogP contribution >= 0.6 is 0 Å². The molecule has 0 amide bonds. The Kier molecular flexibility index (Phi) is 4.82. The van der Waals surface area contributed by atoms with E-state index in [0.717, 1.165) is 40.6 Å². The van der Waals surface area contributed by atoms with Gasteiger partial charge in [0.1, 0.15) is 17.2 Å². The predicted molar refractivity (Wildman–Crippen MR) is 94.9 cm³/mol. The summed E-state index contributed by atoms with van der Waals surface area (Å²) in [5, 5.41) is 4.73. The van der Waals surface area contributed by atoms with Gasteiger partial charge in [-0.15, -0.1) is 0 Å². The molecule has 0 aliphatic heterocycles. The number of hydrogen-bond acceptors (Lipinski definition) is 4. The van der Waals surface area contributed by atoms with Gasteiger partial charge >= 0.3 is 0 Å². The van der Waals surface area contributed by atoms with Crippen molar-refractivity contribution < 1.29 is 9.47 Å². The lowest BCUT2D eigenvalue weighted by Gasteiger charge is -2.12. The van der Waals surface area contributed by atoms with E-state index in [1.165, 1.54) is 0 Å². The summed E-state index contributed by atoms with van der Waals surface area (Å²) in [4.78, 5) is 0. The summed E-state index contributed by atoms with van der Waals surface area (Å²) in [6, 6.07) is 17.8. The maximum Gasteiger partial charge on any atom is 0.144 e. The lowest BCUT2D eigenvalue weighted by molar-refractivity contribution is 0.411. The molecule has 0 atom stereocenters. The van der Waals surface area contributed by atoms with E-state index in [-0.39, 0.29) is 0 Å². The van der Waals surface area contributed by atoms with E-state index in [2.05, 4.69) is 6.07 Å². The largest absolute Gasteiger partial charge is 0.497 e. The molecule has 0 aliphatic rings. The standard InChI is InChI=1S/C19H21N3O2/c1-23-16-7-5-6-14(12-16)18-13-15(10-11-20)21-22(18)17-8-3-4-9-19(17)24-2/h3-9,12-13H,10-11,20H2,1-2H3. The lowest BCUT2D eigenvalue weighted by atomic mass is 10.1. The molecule has 0 unspecified atom stereocenters. The van der Waals surface area contributed by atoms with Crippen molar-refractivity contribution in [1.29, 1.82) is 0 Å². The van der Waals surface area contributed by atoms with Crippen molar-refractivity contribution in [3.63, 3.8) is 0 Å². The Labute approximate surface area is 141 Å². The van der Waals surface area contributed by atoms with Crippen LogP contribution in [-0.4, -0.2) is 30.5 Å². The summed E-state index contributed by atoms with van der Waals surface area (Å²) in [7, 11) is 3.32. The molecule has 0 bridgehead atoms. The molecule has 5 nitrogen and oxygen atoms in total. The first-order valence-corrected chi connectivity index (χ1v) is 7.83. The zero-order chi connectivity index (χ0) is 16.9. The van der Waals surface area contributed by atoms with E-state index in [1.807, 2.05) is 53.2 Å². The van der Waals surface area contributed by atoms with E-state index >= 15 is 0 Å². The minimum atomic E-state index is 0.556. The molecule has 0 spiro atoms. The van der Waals surface area contributed by atoms with E-state index in [4.69, 9.17) is 20.3 Å². The minimum Gasteiger partial charge on any atom is -0.497 e. The highest BCUT2D eigenvalue weighted by Crippen LogP contribution is 2.30. The molecular formula is C19H21N3O2. The first-order valence-electron chi connectivity index (χ1n) is 7.83. The Morgan fingerprint density at radius 3 is 2.58 bits per heavy atom. The van der Waals surface area contributed by atoms with Gasteiger partial charge in [-0.25, -0.2) is 4.68 Å². The van der Waals surface area contributed by atoms with Crippen molar-refractivity contribution in [2.24, 2.45) is 5.73 Å². The predicted octanol–water partition coefficient (Wildman–Crippen LogP) is 3.06. The van der Waals surface area contributed by atoms with Crippen LogP contribution in [0.25, 0.3) is 16.9 Å². The van der Waals surface area contributed by atoms with Crippen LogP contribution in [-0.2, 0) is 6.42 Å². The van der Waals surface area contributed by atoms with E-state index in [1.54, 1.807) is 14.2 Å². The molecule has 1 aromatic heterocycles. The SMILES string of the molecule is COc1cccc(-c2cc(CCN)nn2-c2ccccc2OC)c1. The smallest absolute Gasteiger partial charge is 0.144 e. The average molecular weight is 323 g/mol. The Hall–Kier alpha value is -2.79. The molecule has 3 rings (SSSR count). The molecule has 1 heterocycles. The van der Waals surface area contributed by atoms with Gasteiger partial charge < -0.3 is 15.2 Å². The fourth-order valence-electron chi connectivity index (χ4n) is 2.68. The molecule has 2 N–H and O–H groups in total. The van der Waals surface area contributed by atoms with Gasteiger partial charge in [0.25, 0.3) is 0 Å². The number of rotatable bonds is 6. The van der Waals surface area contributed by atoms with Crippen LogP contribution in [0.4, 0.5) is 0 Å². The normalized spacial score (nSPS) is 10.6. The number of nitrogens with two attached hydrogens (primary N) is 1. The molecule has 0 aliphatic carbocycles. The van der Waals surface area contributed by atoms with Crippen LogP contribution in [0.1, 0.15) is 5.69 Å².